The molecule has 3 nitrogen and oxygen atoms in total. The highest BCUT2D eigenvalue weighted by molar-refractivity contribution is 4.84. The maximum atomic E-state index is 5.69. The fourth-order valence-electron chi connectivity index (χ4n) is 2.40. The summed E-state index contributed by atoms with van der Waals surface area (Å²) in [6.07, 6.45) is 1.60. The van der Waals surface area contributed by atoms with E-state index in [2.05, 4.69) is 44.8 Å². The van der Waals surface area contributed by atoms with Crippen LogP contribution in [0.25, 0.3) is 0 Å². The topological polar surface area (TPSA) is 24.5 Å². The summed E-state index contributed by atoms with van der Waals surface area (Å²) in [6, 6.07) is 0.554. The Labute approximate surface area is 107 Å². The Morgan fingerprint density at radius 1 is 1.35 bits per heavy atom. The lowest BCUT2D eigenvalue weighted by Crippen LogP contribution is -2.52. The maximum Gasteiger partial charge on any atom is 0.0674 e. The second-order valence-electron chi connectivity index (χ2n) is 5.87. The van der Waals surface area contributed by atoms with Crippen LogP contribution in [0, 0.1) is 5.41 Å². The maximum absolute atomic E-state index is 5.69. The Morgan fingerprint density at radius 3 is 2.65 bits per heavy atom. The average molecular weight is 242 g/mol. The first-order valence-electron chi connectivity index (χ1n) is 7.07. The molecule has 1 saturated heterocycles. The molecule has 3 unspecified atom stereocenters. The molecule has 0 amide bonds. The summed E-state index contributed by atoms with van der Waals surface area (Å²) in [7, 11) is 0. The second kappa shape index (κ2) is 6.72. The Hall–Kier alpha value is -0.120. The molecule has 1 heterocycles. The van der Waals surface area contributed by atoms with Gasteiger partial charge in [-0.25, -0.2) is 0 Å². The van der Waals surface area contributed by atoms with E-state index in [0.717, 1.165) is 26.2 Å². The molecular formula is C14H30N2O. The lowest BCUT2D eigenvalue weighted by Gasteiger charge is -2.42. The molecule has 1 fully saturated rings. The zero-order valence-electron chi connectivity index (χ0n) is 12.3. The summed E-state index contributed by atoms with van der Waals surface area (Å²) in [5.41, 5.74) is 0.376. The summed E-state index contributed by atoms with van der Waals surface area (Å²) in [4.78, 5) is 2.59. The van der Waals surface area contributed by atoms with Crippen LogP contribution in [0.2, 0.25) is 0 Å². The molecule has 0 aromatic carbocycles. The highest BCUT2D eigenvalue weighted by Gasteiger charge is 2.30. The van der Waals surface area contributed by atoms with E-state index in [1.807, 2.05) is 0 Å². The van der Waals surface area contributed by atoms with Crippen LogP contribution in [0.3, 0.4) is 0 Å². The van der Waals surface area contributed by atoms with E-state index in [4.69, 9.17) is 4.74 Å². The van der Waals surface area contributed by atoms with Gasteiger partial charge in [0.05, 0.1) is 12.7 Å². The molecule has 1 aliphatic heterocycles. The summed E-state index contributed by atoms with van der Waals surface area (Å²) in [5, 5.41) is 3.50. The number of morpholine rings is 1. The van der Waals surface area contributed by atoms with Gasteiger partial charge in [-0.3, -0.25) is 4.90 Å². The van der Waals surface area contributed by atoms with Crippen molar-refractivity contribution in [1.29, 1.82) is 0 Å². The van der Waals surface area contributed by atoms with Gasteiger partial charge in [0.2, 0.25) is 0 Å². The molecule has 17 heavy (non-hydrogen) atoms. The van der Waals surface area contributed by atoms with Gasteiger partial charge in [-0.15, -0.1) is 0 Å². The van der Waals surface area contributed by atoms with Crippen LogP contribution in [-0.2, 0) is 4.74 Å². The van der Waals surface area contributed by atoms with E-state index in [-0.39, 0.29) is 0 Å². The van der Waals surface area contributed by atoms with Crippen LogP contribution in [0.4, 0.5) is 0 Å². The van der Waals surface area contributed by atoms with Gasteiger partial charge in [-0.05, 0) is 32.2 Å². The predicted octanol–water partition coefficient (Wildman–Crippen LogP) is 2.12. The smallest absolute Gasteiger partial charge is 0.0674 e. The molecule has 0 aliphatic carbocycles. The minimum Gasteiger partial charge on any atom is -0.376 e. The largest absolute Gasteiger partial charge is 0.376 e. The number of nitrogens with zero attached hydrogens (tertiary/aromatic N) is 1. The molecule has 1 N–H and O–H groups in total. The first-order chi connectivity index (χ1) is 8.00. The van der Waals surface area contributed by atoms with E-state index in [0.29, 0.717) is 17.6 Å². The normalized spacial score (nSPS) is 30.2. The van der Waals surface area contributed by atoms with Crippen LogP contribution < -0.4 is 5.32 Å². The van der Waals surface area contributed by atoms with Crippen molar-refractivity contribution in [2.45, 2.75) is 53.2 Å². The zero-order chi connectivity index (χ0) is 12.9. The molecule has 0 saturated carbocycles. The third kappa shape index (κ3) is 4.57. The minimum atomic E-state index is 0.376. The second-order valence-corrected chi connectivity index (χ2v) is 5.87. The summed E-state index contributed by atoms with van der Waals surface area (Å²) < 4.78 is 5.69. The highest BCUT2D eigenvalue weighted by atomic mass is 16.5. The van der Waals surface area contributed by atoms with Crippen molar-refractivity contribution in [2.24, 2.45) is 5.41 Å². The Morgan fingerprint density at radius 2 is 2.06 bits per heavy atom. The summed E-state index contributed by atoms with van der Waals surface area (Å²) in [5.74, 6) is 0. The van der Waals surface area contributed by atoms with Gasteiger partial charge >= 0.3 is 0 Å². The van der Waals surface area contributed by atoms with Crippen molar-refractivity contribution >= 4 is 0 Å². The van der Waals surface area contributed by atoms with E-state index >= 15 is 0 Å². The van der Waals surface area contributed by atoms with Gasteiger partial charge in [0.25, 0.3) is 0 Å². The Balaban J connectivity index is 2.53. The van der Waals surface area contributed by atoms with Crippen LogP contribution in [0.5, 0.6) is 0 Å². The zero-order valence-corrected chi connectivity index (χ0v) is 12.3. The Bertz CT molecular complexity index is 222. The first-order valence-corrected chi connectivity index (χ1v) is 7.07. The molecule has 0 bridgehead atoms. The van der Waals surface area contributed by atoms with Gasteiger partial charge in [-0.1, -0.05) is 20.8 Å². The monoisotopic (exact) mass is 242 g/mol. The number of hydrogen-bond donors (Lipinski definition) is 1. The highest BCUT2D eigenvalue weighted by Crippen LogP contribution is 2.24. The Kier molecular flexibility index (Phi) is 5.90. The molecule has 0 aromatic rings. The van der Waals surface area contributed by atoms with Gasteiger partial charge in [0, 0.05) is 25.7 Å². The third-order valence-electron chi connectivity index (χ3n) is 3.98. The van der Waals surface area contributed by atoms with Crippen molar-refractivity contribution in [2.75, 3.05) is 32.8 Å². The summed E-state index contributed by atoms with van der Waals surface area (Å²) >= 11 is 0. The minimum absolute atomic E-state index is 0.376. The van der Waals surface area contributed by atoms with E-state index in [9.17, 15) is 0 Å². The first kappa shape index (κ1) is 14.9. The van der Waals surface area contributed by atoms with Gasteiger partial charge in [-0.2, -0.15) is 0 Å². The molecule has 0 aromatic heterocycles. The van der Waals surface area contributed by atoms with Crippen LogP contribution in [0.1, 0.15) is 41.0 Å². The number of ether oxygens (including phenoxy) is 1. The van der Waals surface area contributed by atoms with E-state index in [1.54, 1.807) is 0 Å². The molecule has 1 rings (SSSR count). The molecule has 0 radical (unpaired) electrons. The lowest BCUT2D eigenvalue weighted by atomic mass is 9.86. The quantitative estimate of drug-likeness (QED) is 0.772. The van der Waals surface area contributed by atoms with Crippen LogP contribution in [-0.4, -0.2) is 49.8 Å². The van der Waals surface area contributed by atoms with Crippen LogP contribution >= 0.6 is 0 Å². The number of rotatable bonds is 6. The summed E-state index contributed by atoms with van der Waals surface area (Å²) in [6.45, 7) is 16.6. The number of hydrogen-bond acceptors (Lipinski definition) is 3. The van der Waals surface area contributed by atoms with Crippen molar-refractivity contribution in [3.63, 3.8) is 0 Å². The SMILES string of the molecule is CCNCC(C)(CC)CN1CC(C)OCC1C. The molecular weight excluding hydrogens is 212 g/mol. The third-order valence-corrected chi connectivity index (χ3v) is 3.98. The van der Waals surface area contributed by atoms with Gasteiger partial charge in [0.15, 0.2) is 0 Å². The lowest BCUT2D eigenvalue weighted by molar-refractivity contribution is -0.0618. The molecule has 0 spiro atoms. The van der Waals surface area contributed by atoms with Gasteiger partial charge < -0.3 is 10.1 Å². The van der Waals surface area contributed by atoms with Crippen molar-refractivity contribution in [3.8, 4) is 0 Å². The van der Waals surface area contributed by atoms with Crippen molar-refractivity contribution in [1.82, 2.24) is 10.2 Å². The van der Waals surface area contributed by atoms with E-state index in [1.165, 1.54) is 13.0 Å². The molecule has 3 heteroatoms. The average Bonchev–Trinajstić information content (AvgIpc) is 2.31. The van der Waals surface area contributed by atoms with Gasteiger partial charge in [0.1, 0.15) is 0 Å². The van der Waals surface area contributed by atoms with Crippen molar-refractivity contribution in [3.05, 3.63) is 0 Å². The predicted molar refractivity (Wildman–Crippen MR) is 73.4 cm³/mol. The fourth-order valence-corrected chi connectivity index (χ4v) is 2.40. The van der Waals surface area contributed by atoms with Crippen LogP contribution in [0.15, 0.2) is 0 Å². The van der Waals surface area contributed by atoms with Crippen molar-refractivity contribution < 1.29 is 4.74 Å². The molecule has 102 valence electrons. The van der Waals surface area contributed by atoms with E-state index < -0.39 is 0 Å². The fraction of sp³-hybridized carbons (Fsp3) is 1.00. The molecule has 1 aliphatic rings. The standard InChI is InChI=1S/C14H30N2O/c1-6-14(5,10-15-7-2)11-16-8-13(4)17-9-12(16)3/h12-13,15H,6-11H2,1-5H3. The number of nitrogens with one attached hydrogen (secondary N) is 1. The molecule has 3 atom stereocenters.